The summed E-state index contributed by atoms with van der Waals surface area (Å²) in [6.45, 7) is 4.07. The Kier molecular flexibility index (Phi) is 5.12. The summed E-state index contributed by atoms with van der Waals surface area (Å²) in [5, 5.41) is 0. The minimum Gasteiger partial charge on any atom is -0.342 e. The van der Waals surface area contributed by atoms with E-state index in [4.69, 9.17) is 0 Å². The Bertz CT molecular complexity index is 583. The predicted octanol–water partition coefficient (Wildman–Crippen LogP) is 4.47. The first-order valence-electron chi connectivity index (χ1n) is 8.61. The van der Waals surface area contributed by atoms with Crippen molar-refractivity contribution in [3.63, 3.8) is 0 Å². The normalized spacial score (nSPS) is 18.2. The summed E-state index contributed by atoms with van der Waals surface area (Å²) in [7, 11) is 0. The number of carbonyl (C=O) groups is 1. The van der Waals surface area contributed by atoms with Gasteiger partial charge in [-0.15, -0.1) is 0 Å². The topological polar surface area (TPSA) is 20.3 Å². The molecule has 0 saturated carbocycles. The molecule has 0 aliphatic carbocycles. The number of carbonyl (C=O) groups excluding carboxylic acids is 1. The van der Waals surface area contributed by atoms with Crippen LogP contribution in [-0.2, 0) is 4.79 Å². The lowest BCUT2D eigenvalue weighted by Gasteiger charge is -2.32. The molecule has 1 aliphatic rings. The van der Waals surface area contributed by atoms with Crippen LogP contribution in [0.3, 0.4) is 0 Å². The average molecular weight is 307 g/mol. The van der Waals surface area contributed by atoms with Gasteiger partial charge in [0.1, 0.15) is 0 Å². The van der Waals surface area contributed by atoms with Gasteiger partial charge in [0.05, 0.1) is 0 Å². The van der Waals surface area contributed by atoms with Gasteiger partial charge in [-0.25, -0.2) is 0 Å². The third-order valence-corrected chi connectivity index (χ3v) is 4.79. The molecule has 2 nitrogen and oxygen atoms in total. The number of nitrogens with zero attached hydrogens (tertiary/aromatic N) is 1. The summed E-state index contributed by atoms with van der Waals surface area (Å²) in [6, 6.07) is 20.8. The van der Waals surface area contributed by atoms with Crippen molar-refractivity contribution < 1.29 is 4.79 Å². The fourth-order valence-electron chi connectivity index (χ4n) is 3.52. The van der Waals surface area contributed by atoms with Gasteiger partial charge in [0.15, 0.2) is 0 Å². The lowest BCUT2D eigenvalue weighted by molar-refractivity contribution is -0.133. The van der Waals surface area contributed by atoms with Crippen LogP contribution < -0.4 is 0 Å². The monoisotopic (exact) mass is 307 g/mol. The van der Waals surface area contributed by atoms with Crippen molar-refractivity contribution >= 4 is 5.91 Å². The van der Waals surface area contributed by atoms with E-state index in [1.54, 1.807) is 0 Å². The number of piperidine rings is 1. The fourth-order valence-corrected chi connectivity index (χ4v) is 3.52. The summed E-state index contributed by atoms with van der Waals surface area (Å²) < 4.78 is 0. The Balaban J connectivity index is 1.80. The molecule has 0 bridgehead atoms. The Labute approximate surface area is 139 Å². The van der Waals surface area contributed by atoms with Gasteiger partial charge in [0, 0.05) is 25.4 Å². The molecule has 1 atom stereocenters. The summed E-state index contributed by atoms with van der Waals surface area (Å²) in [5.41, 5.74) is 2.44. The molecule has 1 amide bonds. The van der Waals surface area contributed by atoms with Gasteiger partial charge in [-0.2, -0.15) is 0 Å². The van der Waals surface area contributed by atoms with Crippen LogP contribution in [0.5, 0.6) is 0 Å². The molecule has 1 aliphatic heterocycles. The summed E-state index contributed by atoms with van der Waals surface area (Å²) in [4.78, 5) is 14.9. The highest BCUT2D eigenvalue weighted by molar-refractivity contribution is 5.78. The minimum atomic E-state index is 0.141. The third-order valence-electron chi connectivity index (χ3n) is 4.79. The first kappa shape index (κ1) is 15.8. The first-order valence-corrected chi connectivity index (χ1v) is 8.61. The molecule has 0 aromatic heterocycles. The van der Waals surface area contributed by atoms with Crippen LogP contribution in [0.2, 0.25) is 0 Å². The van der Waals surface area contributed by atoms with E-state index in [-0.39, 0.29) is 11.8 Å². The van der Waals surface area contributed by atoms with Crippen molar-refractivity contribution in [1.82, 2.24) is 4.90 Å². The highest BCUT2D eigenvalue weighted by Crippen LogP contribution is 2.29. The van der Waals surface area contributed by atoms with Gasteiger partial charge in [0.2, 0.25) is 5.91 Å². The molecular weight excluding hydrogens is 282 g/mol. The lowest BCUT2D eigenvalue weighted by atomic mass is 9.87. The Hall–Kier alpha value is -2.09. The van der Waals surface area contributed by atoms with E-state index >= 15 is 0 Å². The Morgan fingerprint density at radius 2 is 1.61 bits per heavy atom. The SMILES string of the molecule is CC1CCCN(C(=O)CC(c2ccccc2)c2ccccc2)C1. The van der Waals surface area contributed by atoms with Crippen molar-refractivity contribution in [2.45, 2.75) is 32.1 Å². The molecule has 0 radical (unpaired) electrons. The quantitative estimate of drug-likeness (QED) is 0.816. The summed E-state index contributed by atoms with van der Waals surface area (Å²) in [5.74, 6) is 1.05. The van der Waals surface area contributed by atoms with Gasteiger partial charge < -0.3 is 4.90 Å². The standard InChI is InChI=1S/C21H25NO/c1-17-9-8-14-22(16-17)21(23)15-20(18-10-4-2-5-11-18)19-12-6-3-7-13-19/h2-7,10-13,17,20H,8-9,14-16H2,1H3. The van der Waals surface area contributed by atoms with Crippen LogP contribution in [0, 0.1) is 5.92 Å². The molecule has 2 aromatic carbocycles. The zero-order valence-electron chi connectivity index (χ0n) is 13.8. The number of benzene rings is 2. The van der Waals surface area contributed by atoms with Crippen molar-refractivity contribution in [1.29, 1.82) is 0 Å². The summed E-state index contributed by atoms with van der Waals surface area (Å²) in [6.07, 6.45) is 2.93. The second-order valence-electron chi connectivity index (χ2n) is 6.67. The van der Waals surface area contributed by atoms with Crippen LogP contribution >= 0.6 is 0 Å². The number of likely N-dealkylation sites (tertiary alicyclic amines) is 1. The van der Waals surface area contributed by atoms with Crippen molar-refractivity contribution in [2.24, 2.45) is 5.92 Å². The second kappa shape index (κ2) is 7.45. The van der Waals surface area contributed by atoms with Crippen molar-refractivity contribution in [2.75, 3.05) is 13.1 Å². The largest absolute Gasteiger partial charge is 0.342 e. The minimum absolute atomic E-state index is 0.141. The maximum Gasteiger partial charge on any atom is 0.223 e. The second-order valence-corrected chi connectivity index (χ2v) is 6.67. The van der Waals surface area contributed by atoms with E-state index in [1.807, 2.05) is 12.1 Å². The number of hydrogen-bond donors (Lipinski definition) is 0. The number of rotatable bonds is 4. The van der Waals surface area contributed by atoms with E-state index < -0.39 is 0 Å². The molecule has 3 rings (SSSR count). The molecule has 2 aromatic rings. The Morgan fingerprint density at radius 1 is 1.04 bits per heavy atom. The average Bonchev–Trinajstić information content (AvgIpc) is 2.61. The van der Waals surface area contributed by atoms with E-state index in [9.17, 15) is 4.79 Å². The molecule has 1 fully saturated rings. The van der Waals surface area contributed by atoms with Gasteiger partial charge in [-0.05, 0) is 29.9 Å². The molecule has 1 heterocycles. The predicted molar refractivity (Wildman–Crippen MR) is 94.3 cm³/mol. The van der Waals surface area contributed by atoms with Crippen LogP contribution in [0.25, 0.3) is 0 Å². The van der Waals surface area contributed by atoms with Gasteiger partial charge in [0.25, 0.3) is 0 Å². The maximum atomic E-state index is 12.8. The first-order chi connectivity index (χ1) is 11.2. The molecule has 120 valence electrons. The third kappa shape index (κ3) is 4.01. The van der Waals surface area contributed by atoms with Crippen LogP contribution in [0.1, 0.15) is 43.2 Å². The number of amides is 1. The van der Waals surface area contributed by atoms with Crippen LogP contribution in [0.15, 0.2) is 60.7 Å². The van der Waals surface area contributed by atoms with Gasteiger partial charge >= 0.3 is 0 Å². The zero-order valence-corrected chi connectivity index (χ0v) is 13.8. The van der Waals surface area contributed by atoms with E-state index in [2.05, 4.69) is 60.4 Å². The number of hydrogen-bond acceptors (Lipinski definition) is 1. The van der Waals surface area contributed by atoms with Crippen molar-refractivity contribution in [3.8, 4) is 0 Å². The molecule has 1 unspecified atom stereocenters. The molecule has 0 N–H and O–H groups in total. The fraction of sp³-hybridized carbons (Fsp3) is 0.381. The van der Waals surface area contributed by atoms with Gasteiger partial charge in [-0.1, -0.05) is 67.6 Å². The van der Waals surface area contributed by atoms with E-state index in [0.29, 0.717) is 12.3 Å². The smallest absolute Gasteiger partial charge is 0.223 e. The van der Waals surface area contributed by atoms with E-state index in [0.717, 1.165) is 19.5 Å². The zero-order chi connectivity index (χ0) is 16.1. The molecule has 0 spiro atoms. The Morgan fingerprint density at radius 3 is 2.13 bits per heavy atom. The van der Waals surface area contributed by atoms with Crippen LogP contribution in [0.4, 0.5) is 0 Å². The molecular formula is C21H25NO. The van der Waals surface area contributed by atoms with Crippen molar-refractivity contribution in [3.05, 3.63) is 71.8 Å². The highest BCUT2D eigenvalue weighted by Gasteiger charge is 2.25. The lowest BCUT2D eigenvalue weighted by Crippen LogP contribution is -2.39. The molecule has 1 saturated heterocycles. The van der Waals surface area contributed by atoms with Gasteiger partial charge in [-0.3, -0.25) is 4.79 Å². The highest BCUT2D eigenvalue weighted by atomic mass is 16.2. The molecule has 2 heteroatoms. The van der Waals surface area contributed by atoms with E-state index in [1.165, 1.54) is 17.5 Å². The van der Waals surface area contributed by atoms with Crippen LogP contribution in [-0.4, -0.2) is 23.9 Å². The molecule has 23 heavy (non-hydrogen) atoms. The summed E-state index contributed by atoms with van der Waals surface area (Å²) >= 11 is 0. The maximum absolute atomic E-state index is 12.8.